The molecule has 0 saturated carbocycles. The number of nitrogens with zero attached hydrogens (tertiary/aromatic N) is 3. The van der Waals surface area contributed by atoms with E-state index in [2.05, 4.69) is 5.10 Å². The molecule has 0 fully saturated rings. The smallest absolute Gasteiger partial charge is 0.345 e. The summed E-state index contributed by atoms with van der Waals surface area (Å²) in [6.45, 7) is 2.93. The van der Waals surface area contributed by atoms with Crippen LogP contribution in [0.1, 0.15) is 12.7 Å². The molecule has 0 aromatic carbocycles. The molecule has 0 amide bonds. The first-order chi connectivity index (χ1) is 5.66. The third-order valence-corrected chi connectivity index (χ3v) is 1.65. The molecule has 0 saturated heterocycles. The maximum absolute atomic E-state index is 11.2. The molecule has 0 spiro atoms. The van der Waals surface area contributed by atoms with Gasteiger partial charge in [-0.05, 0) is 6.92 Å². The van der Waals surface area contributed by atoms with Crippen molar-refractivity contribution in [2.75, 3.05) is 6.61 Å². The van der Waals surface area contributed by atoms with Crippen LogP contribution in [0.3, 0.4) is 0 Å². The quantitative estimate of drug-likeness (QED) is 0.625. The number of aromatic nitrogens is 3. The summed E-state index contributed by atoms with van der Waals surface area (Å²) >= 11 is 0. The Morgan fingerprint density at radius 3 is 2.58 bits per heavy atom. The van der Waals surface area contributed by atoms with Crippen LogP contribution in [-0.4, -0.2) is 21.0 Å². The lowest BCUT2D eigenvalue weighted by Gasteiger charge is -1.97. The summed E-state index contributed by atoms with van der Waals surface area (Å²) < 4.78 is 7.91. The molecule has 0 bridgehead atoms. The lowest BCUT2D eigenvalue weighted by molar-refractivity contribution is 0.125. The highest BCUT2D eigenvalue weighted by Crippen LogP contribution is 1.91. The maximum Gasteiger partial charge on any atom is 0.345 e. The van der Waals surface area contributed by atoms with Crippen molar-refractivity contribution >= 4 is 0 Å². The van der Waals surface area contributed by atoms with Crippen LogP contribution in [0.4, 0.5) is 0 Å². The van der Waals surface area contributed by atoms with E-state index in [0.29, 0.717) is 19.0 Å². The minimum atomic E-state index is -0.121. The second kappa shape index (κ2) is 3.53. The Kier molecular flexibility index (Phi) is 2.65. The van der Waals surface area contributed by atoms with Crippen LogP contribution in [0, 0.1) is 0 Å². The first-order valence-electron chi connectivity index (χ1n) is 3.83. The van der Waals surface area contributed by atoms with Gasteiger partial charge in [-0.25, -0.2) is 9.48 Å². The minimum absolute atomic E-state index is 0.121. The molecule has 68 valence electrons. The zero-order valence-electron chi connectivity index (χ0n) is 7.57. The van der Waals surface area contributed by atoms with Gasteiger partial charge in [0, 0.05) is 20.7 Å². The monoisotopic (exact) mass is 171 g/mol. The van der Waals surface area contributed by atoms with Gasteiger partial charge in [-0.2, -0.15) is 5.10 Å². The summed E-state index contributed by atoms with van der Waals surface area (Å²) in [5, 5.41) is 3.99. The molecule has 1 aromatic heterocycles. The number of rotatable bonds is 3. The van der Waals surface area contributed by atoms with Crippen molar-refractivity contribution in [3.8, 4) is 0 Å². The molecule has 5 nitrogen and oxygen atoms in total. The molecular weight excluding hydrogens is 158 g/mol. The number of aryl methyl sites for hydroxylation is 1. The Labute approximate surface area is 70.6 Å². The van der Waals surface area contributed by atoms with Gasteiger partial charge in [0.2, 0.25) is 0 Å². The lowest BCUT2D eigenvalue weighted by Crippen LogP contribution is -2.20. The highest BCUT2D eigenvalue weighted by molar-refractivity contribution is 4.83. The molecule has 0 atom stereocenters. The molecule has 0 N–H and O–H groups in total. The number of hydrogen-bond acceptors (Lipinski definition) is 3. The summed E-state index contributed by atoms with van der Waals surface area (Å²) in [6, 6.07) is 0. The molecule has 0 aliphatic carbocycles. The standard InChI is InChI=1S/C7H13N3O2/c1-4-12-5-6-8-10(3)7(11)9(6)2/h4-5H2,1-3H3. The third-order valence-electron chi connectivity index (χ3n) is 1.65. The Bertz CT molecular complexity index is 313. The van der Waals surface area contributed by atoms with E-state index in [0.717, 1.165) is 0 Å². The van der Waals surface area contributed by atoms with E-state index >= 15 is 0 Å². The van der Waals surface area contributed by atoms with E-state index in [1.807, 2.05) is 6.92 Å². The first kappa shape index (κ1) is 8.99. The molecule has 0 aliphatic heterocycles. The summed E-state index contributed by atoms with van der Waals surface area (Å²) in [5.41, 5.74) is -0.121. The Morgan fingerprint density at radius 1 is 1.50 bits per heavy atom. The second-order valence-electron chi connectivity index (χ2n) is 2.52. The van der Waals surface area contributed by atoms with Crippen LogP contribution in [0.5, 0.6) is 0 Å². The van der Waals surface area contributed by atoms with Crippen LogP contribution in [0.2, 0.25) is 0 Å². The SMILES string of the molecule is CCOCc1nn(C)c(=O)n1C. The van der Waals surface area contributed by atoms with Gasteiger partial charge in [0.05, 0.1) is 0 Å². The van der Waals surface area contributed by atoms with Gasteiger partial charge in [0.15, 0.2) is 5.82 Å². The van der Waals surface area contributed by atoms with Crippen LogP contribution in [0.15, 0.2) is 4.79 Å². The van der Waals surface area contributed by atoms with E-state index in [9.17, 15) is 4.79 Å². The Hall–Kier alpha value is -1.10. The average molecular weight is 171 g/mol. The van der Waals surface area contributed by atoms with Gasteiger partial charge < -0.3 is 4.74 Å². The van der Waals surface area contributed by atoms with Gasteiger partial charge >= 0.3 is 5.69 Å². The molecule has 0 radical (unpaired) electrons. The number of hydrogen-bond donors (Lipinski definition) is 0. The topological polar surface area (TPSA) is 49.1 Å². The van der Waals surface area contributed by atoms with Crippen molar-refractivity contribution in [3.63, 3.8) is 0 Å². The van der Waals surface area contributed by atoms with Crippen LogP contribution < -0.4 is 5.69 Å². The predicted molar refractivity (Wildman–Crippen MR) is 43.8 cm³/mol. The summed E-state index contributed by atoms with van der Waals surface area (Å²) in [4.78, 5) is 11.2. The maximum atomic E-state index is 11.2. The van der Waals surface area contributed by atoms with Crippen molar-refractivity contribution in [2.45, 2.75) is 13.5 Å². The fraction of sp³-hybridized carbons (Fsp3) is 0.714. The van der Waals surface area contributed by atoms with E-state index in [1.165, 1.54) is 9.25 Å². The summed E-state index contributed by atoms with van der Waals surface area (Å²) in [5.74, 6) is 0.657. The number of ether oxygens (including phenoxy) is 1. The van der Waals surface area contributed by atoms with Crippen molar-refractivity contribution in [2.24, 2.45) is 14.1 Å². The van der Waals surface area contributed by atoms with Gasteiger partial charge in [-0.3, -0.25) is 4.57 Å². The van der Waals surface area contributed by atoms with Crippen LogP contribution in [-0.2, 0) is 25.4 Å². The van der Waals surface area contributed by atoms with E-state index in [1.54, 1.807) is 14.1 Å². The van der Waals surface area contributed by atoms with E-state index in [-0.39, 0.29) is 5.69 Å². The zero-order chi connectivity index (χ0) is 9.14. The summed E-state index contributed by atoms with van der Waals surface area (Å²) in [6.07, 6.45) is 0. The fourth-order valence-corrected chi connectivity index (χ4v) is 0.930. The predicted octanol–water partition coefficient (Wildman–Crippen LogP) is -0.345. The van der Waals surface area contributed by atoms with Crippen molar-refractivity contribution in [3.05, 3.63) is 16.3 Å². The highest BCUT2D eigenvalue weighted by atomic mass is 16.5. The molecule has 5 heteroatoms. The molecule has 0 aliphatic rings. The van der Waals surface area contributed by atoms with E-state index < -0.39 is 0 Å². The fourth-order valence-electron chi connectivity index (χ4n) is 0.930. The average Bonchev–Trinajstić information content (AvgIpc) is 2.30. The highest BCUT2D eigenvalue weighted by Gasteiger charge is 2.05. The van der Waals surface area contributed by atoms with Crippen molar-refractivity contribution < 1.29 is 4.74 Å². The normalized spacial score (nSPS) is 10.6. The molecule has 1 aromatic rings. The molecule has 0 unspecified atom stereocenters. The largest absolute Gasteiger partial charge is 0.374 e. The molecule has 1 rings (SSSR count). The van der Waals surface area contributed by atoms with Gasteiger partial charge in [-0.1, -0.05) is 0 Å². The second-order valence-corrected chi connectivity index (χ2v) is 2.52. The third kappa shape index (κ3) is 1.55. The minimum Gasteiger partial charge on any atom is -0.374 e. The van der Waals surface area contributed by atoms with Crippen molar-refractivity contribution in [1.29, 1.82) is 0 Å². The van der Waals surface area contributed by atoms with Crippen molar-refractivity contribution in [1.82, 2.24) is 14.3 Å². The van der Waals surface area contributed by atoms with Gasteiger partial charge in [0.1, 0.15) is 6.61 Å². The van der Waals surface area contributed by atoms with Crippen LogP contribution >= 0.6 is 0 Å². The molecule has 12 heavy (non-hydrogen) atoms. The lowest BCUT2D eigenvalue weighted by atomic mass is 10.6. The molecule has 1 heterocycles. The summed E-state index contributed by atoms with van der Waals surface area (Å²) in [7, 11) is 3.31. The molecular formula is C7H13N3O2. The Balaban J connectivity index is 2.86. The van der Waals surface area contributed by atoms with Gasteiger partial charge in [-0.15, -0.1) is 0 Å². The zero-order valence-corrected chi connectivity index (χ0v) is 7.57. The first-order valence-corrected chi connectivity index (χ1v) is 3.83. The van der Waals surface area contributed by atoms with E-state index in [4.69, 9.17) is 4.74 Å². The van der Waals surface area contributed by atoms with Crippen LogP contribution in [0.25, 0.3) is 0 Å². The Morgan fingerprint density at radius 2 is 2.17 bits per heavy atom. The van der Waals surface area contributed by atoms with Gasteiger partial charge in [0.25, 0.3) is 0 Å².